The molecule has 3 aromatic carbocycles. The number of hydrogen-bond acceptors (Lipinski definition) is 6. The number of rotatable bonds is 6. The monoisotopic (exact) mass is 492 g/mol. The van der Waals surface area contributed by atoms with E-state index in [0.717, 1.165) is 5.69 Å². The predicted molar refractivity (Wildman–Crippen MR) is 137 cm³/mol. The number of methoxy groups -OCH3 is 2. The highest BCUT2D eigenvalue weighted by atomic mass is 35.5. The third-order valence-electron chi connectivity index (χ3n) is 5.90. The molecule has 0 aliphatic carbocycles. The molecule has 1 unspecified atom stereocenters. The first-order valence-corrected chi connectivity index (χ1v) is 11.2. The average Bonchev–Trinajstić information content (AvgIpc) is 3.14. The van der Waals surface area contributed by atoms with Crippen LogP contribution in [0.25, 0.3) is 5.76 Å². The number of anilines is 2. The van der Waals surface area contributed by atoms with Gasteiger partial charge in [0.2, 0.25) is 0 Å². The zero-order valence-electron chi connectivity index (χ0n) is 19.8. The number of halogens is 1. The van der Waals surface area contributed by atoms with Crippen molar-refractivity contribution in [3.8, 4) is 11.5 Å². The number of ether oxygens (including phenoxy) is 2. The molecule has 0 radical (unpaired) electrons. The normalized spacial score (nSPS) is 16.9. The molecule has 1 fully saturated rings. The van der Waals surface area contributed by atoms with Crippen molar-refractivity contribution in [2.75, 3.05) is 38.1 Å². The number of nitrogens with zero attached hydrogens (tertiary/aromatic N) is 2. The van der Waals surface area contributed by atoms with E-state index in [1.807, 2.05) is 43.3 Å². The summed E-state index contributed by atoms with van der Waals surface area (Å²) in [5.74, 6) is -0.918. The first kappa shape index (κ1) is 24.2. The topological polar surface area (TPSA) is 79.3 Å². The highest BCUT2D eigenvalue weighted by Gasteiger charge is 2.47. The van der Waals surface area contributed by atoms with Crippen LogP contribution in [0.1, 0.15) is 17.2 Å². The highest BCUT2D eigenvalue weighted by molar-refractivity contribution is 6.51. The lowest BCUT2D eigenvalue weighted by Crippen LogP contribution is -2.29. The molecule has 0 saturated carbocycles. The number of Topliss-reactive ketones (excluding diaryl/α,β-unsaturated/α-hetero) is 1. The van der Waals surface area contributed by atoms with E-state index in [4.69, 9.17) is 21.1 Å². The predicted octanol–water partition coefficient (Wildman–Crippen LogP) is 5.05. The molecule has 35 heavy (non-hydrogen) atoms. The molecule has 1 amide bonds. The van der Waals surface area contributed by atoms with E-state index in [-0.39, 0.29) is 11.3 Å². The van der Waals surface area contributed by atoms with Crippen molar-refractivity contribution in [3.05, 3.63) is 88.5 Å². The minimum Gasteiger partial charge on any atom is -0.507 e. The van der Waals surface area contributed by atoms with Crippen LogP contribution in [0.5, 0.6) is 11.5 Å². The lowest BCUT2D eigenvalue weighted by molar-refractivity contribution is -0.132. The summed E-state index contributed by atoms with van der Waals surface area (Å²) in [6.07, 6.45) is 0. The number of aliphatic hydroxyl groups is 1. The van der Waals surface area contributed by atoms with Gasteiger partial charge in [-0.25, -0.2) is 0 Å². The van der Waals surface area contributed by atoms with Crippen molar-refractivity contribution >= 4 is 40.4 Å². The van der Waals surface area contributed by atoms with Crippen molar-refractivity contribution in [1.29, 1.82) is 0 Å². The third kappa shape index (κ3) is 4.55. The summed E-state index contributed by atoms with van der Waals surface area (Å²) in [5, 5.41) is 11.7. The van der Waals surface area contributed by atoms with Gasteiger partial charge in [0, 0.05) is 48.6 Å². The third-order valence-corrected chi connectivity index (χ3v) is 6.15. The maximum Gasteiger partial charge on any atom is 0.300 e. The Morgan fingerprint density at radius 3 is 2.00 bits per heavy atom. The zero-order valence-corrected chi connectivity index (χ0v) is 20.5. The standard InChI is InChI=1S/C27H25ClN2O5/c1-29(2)19-11-7-16(8-12-19)24-23(25(31)17-5-9-18(28)10-6-17)26(32)27(33)30(24)20-13-21(34-3)15-22(14-20)35-4/h5-15,24,31H,1-4H3/b25-23+. The van der Waals surface area contributed by atoms with Crippen molar-refractivity contribution in [1.82, 2.24) is 0 Å². The lowest BCUT2D eigenvalue weighted by Gasteiger charge is -2.26. The van der Waals surface area contributed by atoms with Crippen molar-refractivity contribution in [2.45, 2.75) is 6.04 Å². The summed E-state index contributed by atoms with van der Waals surface area (Å²) in [4.78, 5) is 30.0. The summed E-state index contributed by atoms with van der Waals surface area (Å²) in [7, 11) is 6.85. The second-order valence-corrected chi connectivity index (χ2v) is 8.67. The number of carbonyl (C=O) groups is 2. The van der Waals surface area contributed by atoms with Gasteiger partial charge in [-0.05, 0) is 42.0 Å². The highest BCUT2D eigenvalue weighted by Crippen LogP contribution is 2.44. The number of benzene rings is 3. The van der Waals surface area contributed by atoms with Gasteiger partial charge in [0.1, 0.15) is 17.3 Å². The fraction of sp³-hybridized carbons (Fsp3) is 0.185. The quantitative estimate of drug-likeness (QED) is 0.295. The Balaban J connectivity index is 1.95. The molecule has 1 saturated heterocycles. The summed E-state index contributed by atoms with van der Waals surface area (Å²) >= 11 is 6.00. The van der Waals surface area contributed by atoms with Gasteiger partial charge >= 0.3 is 0 Å². The molecule has 1 aliphatic rings. The molecule has 1 heterocycles. The molecule has 0 spiro atoms. The summed E-state index contributed by atoms with van der Waals surface area (Å²) < 4.78 is 10.7. The van der Waals surface area contributed by atoms with Crippen molar-refractivity contribution in [3.63, 3.8) is 0 Å². The van der Waals surface area contributed by atoms with Crippen LogP contribution >= 0.6 is 11.6 Å². The molecule has 1 atom stereocenters. The summed E-state index contributed by atoms with van der Waals surface area (Å²) in [5.41, 5.74) is 2.38. The largest absolute Gasteiger partial charge is 0.507 e. The number of amides is 1. The number of hydrogen-bond donors (Lipinski definition) is 1. The number of carbonyl (C=O) groups excluding carboxylic acids is 2. The summed E-state index contributed by atoms with van der Waals surface area (Å²) in [6.45, 7) is 0. The molecule has 7 nitrogen and oxygen atoms in total. The van der Waals surface area contributed by atoms with Crippen LogP contribution in [-0.2, 0) is 9.59 Å². The molecule has 180 valence electrons. The zero-order chi connectivity index (χ0) is 25.3. The van der Waals surface area contributed by atoms with Crippen LogP contribution in [0.2, 0.25) is 5.02 Å². The van der Waals surface area contributed by atoms with Crippen LogP contribution in [0.15, 0.2) is 72.3 Å². The average molecular weight is 493 g/mol. The molecule has 8 heteroatoms. The minimum atomic E-state index is -0.876. The molecule has 1 aliphatic heterocycles. The SMILES string of the molecule is COc1cc(OC)cc(N2C(=O)C(=O)/C(=C(/O)c3ccc(Cl)cc3)C2c2ccc(N(C)C)cc2)c1. The van der Waals surface area contributed by atoms with Gasteiger partial charge in [-0.3, -0.25) is 14.5 Å². The van der Waals surface area contributed by atoms with E-state index in [1.165, 1.54) is 19.1 Å². The van der Waals surface area contributed by atoms with Crippen LogP contribution in [0.3, 0.4) is 0 Å². The molecule has 4 rings (SSSR count). The van der Waals surface area contributed by atoms with Crippen LogP contribution < -0.4 is 19.3 Å². The number of ketones is 1. The molecular formula is C27H25ClN2O5. The van der Waals surface area contributed by atoms with Gasteiger partial charge < -0.3 is 19.5 Å². The minimum absolute atomic E-state index is 0.0169. The van der Waals surface area contributed by atoms with E-state index >= 15 is 0 Å². The van der Waals surface area contributed by atoms with Crippen molar-refractivity contribution in [2.24, 2.45) is 0 Å². The molecule has 0 bridgehead atoms. The van der Waals surface area contributed by atoms with Gasteiger partial charge in [-0.15, -0.1) is 0 Å². The van der Waals surface area contributed by atoms with Crippen LogP contribution in [-0.4, -0.2) is 45.1 Å². The molecule has 0 aromatic heterocycles. The molecular weight excluding hydrogens is 468 g/mol. The Morgan fingerprint density at radius 2 is 1.49 bits per heavy atom. The maximum atomic E-state index is 13.4. The Kier molecular flexibility index (Phi) is 6.71. The van der Waals surface area contributed by atoms with E-state index in [0.29, 0.717) is 33.3 Å². The van der Waals surface area contributed by atoms with Gasteiger partial charge in [0.15, 0.2) is 0 Å². The summed E-state index contributed by atoms with van der Waals surface area (Å²) in [6, 6.07) is 18.0. The fourth-order valence-corrected chi connectivity index (χ4v) is 4.19. The van der Waals surface area contributed by atoms with E-state index in [2.05, 4.69) is 0 Å². The Bertz CT molecular complexity index is 1280. The van der Waals surface area contributed by atoms with Gasteiger partial charge in [-0.1, -0.05) is 23.7 Å². The maximum absolute atomic E-state index is 13.4. The van der Waals surface area contributed by atoms with Crippen LogP contribution in [0.4, 0.5) is 11.4 Å². The lowest BCUT2D eigenvalue weighted by atomic mass is 9.95. The fourth-order valence-electron chi connectivity index (χ4n) is 4.06. The first-order chi connectivity index (χ1) is 16.7. The Hall–Kier alpha value is -3.97. The van der Waals surface area contributed by atoms with Gasteiger partial charge in [0.25, 0.3) is 11.7 Å². The Labute approximate surface area is 208 Å². The van der Waals surface area contributed by atoms with Gasteiger partial charge in [0.05, 0.1) is 31.5 Å². The van der Waals surface area contributed by atoms with Crippen molar-refractivity contribution < 1.29 is 24.2 Å². The van der Waals surface area contributed by atoms with E-state index in [1.54, 1.807) is 42.5 Å². The molecule has 1 N–H and O–H groups in total. The first-order valence-electron chi connectivity index (χ1n) is 10.8. The Morgan fingerprint density at radius 1 is 0.914 bits per heavy atom. The second-order valence-electron chi connectivity index (χ2n) is 8.23. The van der Waals surface area contributed by atoms with E-state index < -0.39 is 17.7 Å². The van der Waals surface area contributed by atoms with Gasteiger partial charge in [-0.2, -0.15) is 0 Å². The molecule has 3 aromatic rings. The van der Waals surface area contributed by atoms with E-state index in [9.17, 15) is 14.7 Å². The second kappa shape index (κ2) is 9.72. The number of aliphatic hydroxyl groups excluding tert-OH is 1. The van der Waals surface area contributed by atoms with Crippen LogP contribution in [0, 0.1) is 0 Å². The smallest absolute Gasteiger partial charge is 0.300 e.